The van der Waals surface area contributed by atoms with E-state index in [0.717, 1.165) is 44.5 Å². The van der Waals surface area contributed by atoms with Gasteiger partial charge in [-0.2, -0.15) is 0 Å². The standard InChI is InChI=1S/C30H25NO2/c1-18-13-24-23(25-17-32-28-12-8-7-11-22(25)28)16-27(31-29(24)33-18)20-14-19-9-5-6-10-21(19)26(15-20)30(2,3)4/h5-17H,1-4H3. The average molecular weight is 432 g/mol. The highest BCUT2D eigenvalue weighted by atomic mass is 16.3. The zero-order valence-electron chi connectivity index (χ0n) is 19.3. The van der Waals surface area contributed by atoms with E-state index in [1.807, 2.05) is 31.4 Å². The molecule has 0 saturated carbocycles. The van der Waals surface area contributed by atoms with Crippen LogP contribution in [0.15, 0.2) is 87.9 Å². The van der Waals surface area contributed by atoms with E-state index in [9.17, 15) is 0 Å². The number of aromatic nitrogens is 1. The number of pyridine rings is 1. The van der Waals surface area contributed by atoms with Crippen LogP contribution in [0, 0.1) is 6.92 Å². The van der Waals surface area contributed by atoms with Crippen LogP contribution in [0.1, 0.15) is 32.1 Å². The van der Waals surface area contributed by atoms with Crippen molar-refractivity contribution in [2.24, 2.45) is 0 Å². The maximum Gasteiger partial charge on any atom is 0.227 e. The smallest absolute Gasteiger partial charge is 0.227 e. The second kappa shape index (κ2) is 7.08. The van der Waals surface area contributed by atoms with Crippen molar-refractivity contribution in [3.05, 3.63) is 90.4 Å². The van der Waals surface area contributed by atoms with Gasteiger partial charge in [-0.15, -0.1) is 0 Å². The molecular weight excluding hydrogens is 406 g/mol. The van der Waals surface area contributed by atoms with Crippen LogP contribution >= 0.6 is 0 Å². The van der Waals surface area contributed by atoms with E-state index in [0.29, 0.717) is 5.71 Å². The van der Waals surface area contributed by atoms with Crippen molar-refractivity contribution in [2.45, 2.75) is 33.1 Å². The van der Waals surface area contributed by atoms with Crippen molar-refractivity contribution < 1.29 is 8.83 Å². The number of rotatable bonds is 2. The molecule has 0 aliphatic carbocycles. The highest BCUT2D eigenvalue weighted by molar-refractivity contribution is 6.04. The minimum absolute atomic E-state index is 0.00454. The molecule has 0 fully saturated rings. The molecule has 0 spiro atoms. The molecule has 0 N–H and O–H groups in total. The van der Waals surface area contributed by atoms with Crippen molar-refractivity contribution in [1.29, 1.82) is 0 Å². The van der Waals surface area contributed by atoms with Gasteiger partial charge in [0.2, 0.25) is 5.71 Å². The van der Waals surface area contributed by atoms with Crippen molar-refractivity contribution in [3.63, 3.8) is 0 Å². The number of aryl methyl sites for hydroxylation is 1. The average Bonchev–Trinajstić information content (AvgIpc) is 3.39. The van der Waals surface area contributed by atoms with Crippen molar-refractivity contribution in [1.82, 2.24) is 4.98 Å². The maximum absolute atomic E-state index is 6.02. The van der Waals surface area contributed by atoms with Gasteiger partial charge in [0.15, 0.2) is 0 Å². The lowest BCUT2D eigenvalue weighted by atomic mass is 9.82. The number of nitrogens with zero attached hydrogens (tertiary/aromatic N) is 1. The van der Waals surface area contributed by atoms with Gasteiger partial charge in [-0.3, -0.25) is 0 Å². The van der Waals surface area contributed by atoms with Crippen LogP contribution in [0.4, 0.5) is 0 Å². The molecule has 162 valence electrons. The SMILES string of the molecule is Cc1cc2c(-c3coc4ccccc34)cc(-c3cc(C(C)(C)C)c4ccccc4c3)nc2o1. The quantitative estimate of drug-likeness (QED) is 0.275. The summed E-state index contributed by atoms with van der Waals surface area (Å²) in [7, 11) is 0. The summed E-state index contributed by atoms with van der Waals surface area (Å²) in [4.78, 5) is 4.95. The zero-order valence-corrected chi connectivity index (χ0v) is 19.3. The lowest BCUT2D eigenvalue weighted by molar-refractivity contribution is 0.568. The van der Waals surface area contributed by atoms with Gasteiger partial charge in [-0.05, 0) is 59.0 Å². The molecule has 0 aliphatic rings. The fourth-order valence-corrected chi connectivity index (χ4v) is 4.77. The Bertz CT molecular complexity index is 1660. The first-order chi connectivity index (χ1) is 15.9. The van der Waals surface area contributed by atoms with Crippen LogP contribution in [0.2, 0.25) is 0 Å². The molecule has 0 amide bonds. The molecule has 6 aromatic rings. The predicted molar refractivity (Wildman–Crippen MR) is 136 cm³/mol. The van der Waals surface area contributed by atoms with Gasteiger partial charge in [-0.25, -0.2) is 4.98 Å². The van der Waals surface area contributed by atoms with E-state index in [1.54, 1.807) is 0 Å². The molecule has 0 atom stereocenters. The van der Waals surface area contributed by atoms with E-state index in [2.05, 4.69) is 75.4 Å². The van der Waals surface area contributed by atoms with Gasteiger partial charge in [0, 0.05) is 27.5 Å². The van der Waals surface area contributed by atoms with Gasteiger partial charge in [0.1, 0.15) is 11.3 Å². The first-order valence-corrected chi connectivity index (χ1v) is 11.3. The Hall–Kier alpha value is -3.85. The second-order valence-electron chi connectivity index (χ2n) is 9.77. The van der Waals surface area contributed by atoms with E-state index in [4.69, 9.17) is 13.8 Å². The fraction of sp³-hybridized carbons (Fsp3) is 0.167. The van der Waals surface area contributed by atoms with E-state index >= 15 is 0 Å². The molecule has 3 heterocycles. The fourth-order valence-electron chi connectivity index (χ4n) is 4.77. The molecule has 0 radical (unpaired) electrons. The monoisotopic (exact) mass is 431 g/mol. The summed E-state index contributed by atoms with van der Waals surface area (Å²) >= 11 is 0. The van der Waals surface area contributed by atoms with Gasteiger partial charge in [0.05, 0.1) is 12.0 Å². The minimum atomic E-state index is 0.00454. The third-order valence-electron chi connectivity index (χ3n) is 6.37. The summed E-state index contributed by atoms with van der Waals surface area (Å²) in [6, 6.07) is 25.4. The molecule has 3 heteroatoms. The maximum atomic E-state index is 6.02. The number of furan rings is 2. The Morgan fingerprint density at radius 3 is 2.33 bits per heavy atom. The number of benzene rings is 3. The Balaban J connectivity index is 1.66. The molecule has 3 nitrogen and oxygen atoms in total. The Kier molecular flexibility index (Phi) is 4.25. The molecule has 0 unspecified atom stereocenters. The zero-order chi connectivity index (χ0) is 22.7. The van der Waals surface area contributed by atoms with Crippen LogP contribution in [-0.2, 0) is 5.41 Å². The molecule has 3 aromatic heterocycles. The lowest BCUT2D eigenvalue weighted by Gasteiger charge is -2.22. The number of hydrogen-bond acceptors (Lipinski definition) is 3. The highest BCUT2D eigenvalue weighted by Crippen LogP contribution is 2.40. The molecule has 0 aliphatic heterocycles. The van der Waals surface area contributed by atoms with Crippen LogP contribution in [0.3, 0.4) is 0 Å². The van der Waals surface area contributed by atoms with Crippen molar-refractivity contribution in [2.75, 3.05) is 0 Å². The molecule has 33 heavy (non-hydrogen) atoms. The number of hydrogen-bond donors (Lipinski definition) is 0. The topological polar surface area (TPSA) is 39.2 Å². The Morgan fingerprint density at radius 1 is 0.758 bits per heavy atom. The largest absolute Gasteiger partial charge is 0.464 e. The summed E-state index contributed by atoms with van der Waals surface area (Å²) in [5.41, 5.74) is 6.94. The summed E-state index contributed by atoms with van der Waals surface area (Å²) in [5.74, 6) is 0.845. The van der Waals surface area contributed by atoms with Crippen LogP contribution in [-0.4, -0.2) is 4.98 Å². The summed E-state index contributed by atoms with van der Waals surface area (Å²) in [6.45, 7) is 8.74. The minimum Gasteiger partial charge on any atom is -0.464 e. The first-order valence-electron chi connectivity index (χ1n) is 11.3. The Morgan fingerprint density at radius 2 is 1.52 bits per heavy atom. The molecule has 3 aromatic carbocycles. The number of fused-ring (bicyclic) bond motifs is 3. The van der Waals surface area contributed by atoms with E-state index in [-0.39, 0.29) is 5.41 Å². The lowest BCUT2D eigenvalue weighted by Crippen LogP contribution is -2.12. The van der Waals surface area contributed by atoms with Crippen LogP contribution in [0.25, 0.3) is 55.2 Å². The second-order valence-corrected chi connectivity index (χ2v) is 9.77. The summed E-state index contributed by atoms with van der Waals surface area (Å²) in [6.07, 6.45) is 1.84. The van der Waals surface area contributed by atoms with Crippen LogP contribution in [0.5, 0.6) is 0 Å². The summed E-state index contributed by atoms with van der Waals surface area (Å²) < 4.78 is 11.9. The third kappa shape index (κ3) is 3.23. The van der Waals surface area contributed by atoms with Gasteiger partial charge in [-0.1, -0.05) is 63.2 Å². The van der Waals surface area contributed by atoms with Gasteiger partial charge >= 0.3 is 0 Å². The van der Waals surface area contributed by atoms with Crippen molar-refractivity contribution >= 4 is 32.8 Å². The van der Waals surface area contributed by atoms with Gasteiger partial charge < -0.3 is 8.83 Å². The van der Waals surface area contributed by atoms with Gasteiger partial charge in [0.25, 0.3) is 0 Å². The number of para-hydroxylation sites is 1. The highest BCUT2D eigenvalue weighted by Gasteiger charge is 2.21. The molecular formula is C30H25NO2. The molecule has 0 bridgehead atoms. The third-order valence-corrected chi connectivity index (χ3v) is 6.37. The van der Waals surface area contributed by atoms with E-state index in [1.165, 1.54) is 16.3 Å². The Labute approximate surface area is 192 Å². The molecule has 0 saturated heterocycles. The molecule has 6 rings (SSSR count). The summed E-state index contributed by atoms with van der Waals surface area (Å²) in [5, 5.41) is 4.58. The van der Waals surface area contributed by atoms with Crippen LogP contribution < -0.4 is 0 Å². The van der Waals surface area contributed by atoms with E-state index < -0.39 is 0 Å². The normalized spacial score (nSPS) is 12.2. The van der Waals surface area contributed by atoms with Crippen molar-refractivity contribution in [3.8, 4) is 22.4 Å². The predicted octanol–water partition coefficient (Wildman–Crippen LogP) is 8.67. The first kappa shape index (κ1) is 19.8.